The monoisotopic (exact) mass is 273 g/mol. The normalized spacial score (nSPS) is 29.1. The zero-order chi connectivity index (χ0) is 12.7. The Kier molecular flexibility index (Phi) is 3.36. The van der Waals surface area contributed by atoms with E-state index in [-0.39, 0.29) is 11.5 Å². The maximum atomic E-state index is 12.5. The molecule has 96 valence electrons. The molecule has 0 bridgehead atoms. The van der Waals surface area contributed by atoms with Crippen molar-refractivity contribution in [3.63, 3.8) is 0 Å². The molecule has 5 heteroatoms. The van der Waals surface area contributed by atoms with Crippen molar-refractivity contribution in [1.29, 1.82) is 0 Å². The Hall–Kier alpha value is -0.390. The van der Waals surface area contributed by atoms with Gasteiger partial charge in [0.1, 0.15) is 4.21 Å². The molecule has 0 aliphatic heterocycles. The first-order chi connectivity index (χ1) is 7.86. The molecule has 0 aromatic carbocycles. The Morgan fingerprint density at radius 2 is 2.18 bits per heavy atom. The highest BCUT2D eigenvalue weighted by Crippen LogP contribution is 2.39. The molecule has 2 N–H and O–H groups in total. The number of thiophene rings is 1. The predicted molar refractivity (Wildman–Crippen MR) is 70.9 cm³/mol. The maximum Gasteiger partial charge on any atom is 0.192 e. The molecule has 1 heterocycles. The van der Waals surface area contributed by atoms with Gasteiger partial charge in [-0.1, -0.05) is 26.3 Å². The number of hydrogen-bond donors (Lipinski definition) is 1. The van der Waals surface area contributed by atoms with Gasteiger partial charge in [0.05, 0.1) is 5.25 Å². The Morgan fingerprint density at radius 3 is 2.76 bits per heavy atom. The van der Waals surface area contributed by atoms with Gasteiger partial charge in [-0.3, -0.25) is 0 Å². The van der Waals surface area contributed by atoms with E-state index >= 15 is 0 Å². The summed E-state index contributed by atoms with van der Waals surface area (Å²) in [6.45, 7) is 4.13. The average molecular weight is 273 g/mol. The van der Waals surface area contributed by atoms with E-state index in [9.17, 15) is 8.42 Å². The molecular formula is C12H19NO2S2. The molecule has 1 aromatic rings. The van der Waals surface area contributed by atoms with Crippen molar-refractivity contribution in [2.24, 2.45) is 11.1 Å². The Labute approximate surface area is 107 Å². The molecule has 0 radical (unpaired) electrons. The van der Waals surface area contributed by atoms with Crippen molar-refractivity contribution in [3.8, 4) is 0 Å². The second-order valence-electron chi connectivity index (χ2n) is 5.42. The van der Waals surface area contributed by atoms with Crippen molar-refractivity contribution in [2.75, 3.05) is 0 Å². The minimum Gasteiger partial charge on any atom is -0.326 e. The van der Waals surface area contributed by atoms with Crippen LogP contribution in [0.4, 0.5) is 0 Å². The number of sulfone groups is 1. The summed E-state index contributed by atoms with van der Waals surface area (Å²) in [5.74, 6) is 0. The van der Waals surface area contributed by atoms with Crippen LogP contribution in [0.1, 0.15) is 33.1 Å². The SMILES string of the molecule is CC1(C)CCCC(S(=O)(=O)c2cccs2)C1N. The van der Waals surface area contributed by atoms with Gasteiger partial charge in [-0.05, 0) is 29.7 Å². The summed E-state index contributed by atoms with van der Waals surface area (Å²) in [6, 6.07) is 3.18. The van der Waals surface area contributed by atoms with Crippen LogP contribution in [0.25, 0.3) is 0 Å². The highest BCUT2D eigenvalue weighted by molar-refractivity contribution is 7.94. The first kappa shape index (κ1) is 13.1. The Bertz CT molecular complexity index is 477. The van der Waals surface area contributed by atoms with Crippen LogP contribution in [0.5, 0.6) is 0 Å². The van der Waals surface area contributed by atoms with E-state index in [1.165, 1.54) is 11.3 Å². The molecule has 0 amide bonds. The summed E-state index contributed by atoms with van der Waals surface area (Å²) < 4.78 is 25.4. The largest absolute Gasteiger partial charge is 0.326 e. The van der Waals surface area contributed by atoms with Gasteiger partial charge in [0.25, 0.3) is 0 Å². The highest BCUT2D eigenvalue weighted by atomic mass is 32.2. The average Bonchev–Trinajstić information content (AvgIpc) is 2.75. The van der Waals surface area contributed by atoms with Crippen LogP contribution in [0.3, 0.4) is 0 Å². The van der Waals surface area contributed by atoms with Crippen molar-refractivity contribution in [1.82, 2.24) is 0 Å². The van der Waals surface area contributed by atoms with Gasteiger partial charge in [0.15, 0.2) is 9.84 Å². The minimum absolute atomic E-state index is 0.0900. The zero-order valence-electron chi connectivity index (χ0n) is 10.2. The van der Waals surface area contributed by atoms with Gasteiger partial charge in [0, 0.05) is 6.04 Å². The van der Waals surface area contributed by atoms with Gasteiger partial charge in [-0.15, -0.1) is 11.3 Å². The third-order valence-corrected chi connectivity index (χ3v) is 7.46. The summed E-state index contributed by atoms with van der Waals surface area (Å²) in [6.07, 6.45) is 2.63. The summed E-state index contributed by atoms with van der Waals surface area (Å²) in [7, 11) is -3.25. The van der Waals surface area contributed by atoms with E-state index in [1.54, 1.807) is 17.5 Å². The first-order valence-corrected chi connectivity index (χ1v) is 8.31. The van der Waals surface area contributed by atoms with Crippen molar-refractivity contribution >= 4 is 21.2 Å². The third kappa shape index (κ3) is 2.28. The van der Waals surface area contributed by atoms with Crippen LogP contribution in [0.2, 0.25) is 0 Å². The van der Waals surface area contributed by atoms with Gasteiger partial charge in [-0.2, -0.15) is 0 Å². The molecule has 1 saturated carbocycles. The third-order valence-electron chi connectivity index (χ3n) is 3.79. The smallest absolute Gasteiger partial charge is 0.192 e. The minimum atomic E-state index is -3.25. The first-order valence-electron chi connectivity index (χ1n) is 5.89. The second kappa shape index (κ2) is 4.37. The van der Waals surface area contributed by atoms with Gasteiger partial charge >= 0.3 is 0 Å². The van der Waals surface area contributed by atoms with Gasteiger partial charge in [0.2, 0.25) is 0 Å². The van der Waals surface area contributed by atoms with Crippen molar-refractivity contribution in [3.05, 3.63) is 17.5 Å². The zero-order valence-corrected chi connectivity index (χ0v) is 11.9. The number of hydrogen-bond acceptors (Lipinski definition) is 4. The number of nitrogens with two attached hydrogens (primary N) is 1. The molecular weight excluding hydrogens is 254 g/mol. The second-order valence-corrected chi connectivity index (χ2v) is 8.76. The van der Waals surface area contributed by atoms with E-state index in [0.29, 0.717) is 10.6 Å². The van der Waals surface area contributed by atoms with Crippen LogP contribution >= 0.6 is 11.3 Å². The fourth-order valence-corrected chi connectivity index (χ4v) is 5.85. The molecule has 1 aromatic heterocycles. The Morgan fingerprint density at radius 1 is 1.47 bits per heavy atom. The standard InChI is InChI=1S/C12H19NO2S2/c1-12(2)7-3-5-9(11(12)13)17(14,15)10-6-4-8-16-10/h4,6,8-9,11H,3,5,7,13H2,1-2H3. The molecule has 2 rings (SSSR count). The van der Waals surface area contributed by atoms with E-state index in [1.807, 2.05) is 0 Å². The molecule has 1 aliphatic carbocycles. The maximum absolute atomic E-state index is 12.5. The quantitative estimate of drug-likeness (QED) is 0.900. The summed E-state index contributed by atoms with van der Waals surface area (Å²) in [5, 5.41) is 1.37. The summed E-state index contributed by atoms with van der Waals surface area (Å²) in [4.78, 5) is 0. The predicted octanol–water partition coefficient (Wildman–Crippen LogP) is 2.43. The molecule has 1 fully saturated rings. The lowest BCUT2D eigenvalue weighted by Crippen LogP contribution is -2.52. The topological polar surface area (TPSA) is 60.2 Å². The van der Waals surface area contributed by atoms with E-state index in [0.717, 1.165) is 12.8 Å². The molecule has 2 atom stereocenters. The fraction of sp³-hybridized carbons (Fsp3) is 0.667. The molecule has 0 saturated heterocycles. The van der Waals surface area contributed by atoms with E-state index < -0.39 is 15.1 Å². The molecule has 2 unspecified atom stereocenters. The number of rotatable bonds is 2. The molecule has 17 heavy (non-hydrogen) atoms. The fourth-order valence-electron chi connectivity index (χ4n) is 2.53. The van der Waals surface area contributed by atoms with Crippen LogP contribution in [0, 0.1) is 5.41 Å². The summed E-state index contributed by atoms with van der Waals surface area (Å²) in [5.41, 5.74) is 6.08. The van der Waals surface area contributed by atoms with Crippen LogP contribution < -0.4 is 5.73 Å². The summed E-state index contributed by atoms with van der Waals surface area (Å²) >= 11 is 1.28. The molecule has 0 spiro atoms. The lowest BCUT2D eigenvalue weighted by Gasteiger charge is -2.41. The van der Waals surface area contributed by atoms with E-state index in [4.69, 9.17) is 5.73 Å². The Balaban J connectivity index is 2.34. The van der Waals surface area contributed by atoms with E-state index in [2.05, 4.69) is 13.8 Å². The molecule has 3 nitrogen and oxygen atoms in total. The lowest BCUT2D eigenvalue weighted by molar-refractivity contribution is 0.204. The van der Waals surface area contributed by atoms with Crippen molar-refractivity contribution in [2.45, 2.75) is 48.6 Å². The van der Waals surface area contributed by atoms with Gasteiger partial charge in [-0.25, -0.2) is 8.42 Å². The molecule has 1 aliphatic rings. The van der Waals surface area contributed by atoms with Crippen LogP contribution in [-0.4, -0.2) is 19.7 Å². The van der Waals surface area contributed by atoms with Crippen molar-refractivity contribution < 1.29 is 8.42 Å². The highest BCUT2D eigenvalue weighted by Gasteiger charge is 2.43. The van der Waals surface area contributed by atoms with Crippen LogP contribution in [0.15, 0.2) is 21.7 Å². The van der Waals surface area contributed by atoms with Gasteiger partial charge < -0.3 is 5.73 Å². The lowest BCUT2D eigenvalue weighted by atomic mass is 9.73. The van der Waals surface area contributed by atoms with Crippen LogP contribution in [-0.2, 0) is 9.84 Å².